The predicted molar refractivity (Wildman–Crippen MR) is 89.3 cm³/mol. The summed E-state index contributed by atoms with van der Waals surface area (Å²) < 4.78 is 19.0. The molecule has 1 aliphatic rings. The fourth-order valence-corrected chi connectivity index (χ4v) is 2.88. The molecule has 0 bridgehead atoms. The van der Waals surface area contributed by atoms with Gasteiger partial charge in [0.05, 0.1) is 5.56 Å². The van der Waals surface area contributed by atoms with Crippen LogP contribution < -0.4 is 10.1 Å². The Kier molecular flexibility index (Phi) is 5.41. The van der Waals surface area contributed by atoms with E-state index in [0.29, 0.717) is 17.0 Å². The van der Waals surface area contributed by atoms with Gasteiger partial charge in [-0.05, 0) is 25.0 Å². The van der Waals surface area contributed by atoms with E-state index >= 15 is 0 Å². The first-order valence-electron chi connectivity index (χ1n) is 8.35. The van der Waals surface area contributed by atoms with Crippen molar-refractivity contribution in [3.05, 3.63) is 59.5 Å². The molecular weight excluding hydrogens is 307 g/mol. The summed E-state index contributed by atoms with van der Waals surface area (Å²) in [5.41, 5.74) is 0.984. The molecule has 1 fully saturated rings. The van der Waals surface area contributed by atoms with Gasteiger partial charge < -0.3 is 10.1 Å². The maximum Gasteiger partial charge on any atom is 0.253 e. The highest BCUT2D eigenvalue weighted by molar-refractivity contribution is 5.94. The van der Waals surface area contributed by atoms with E-state index in [1.165, 1.54) is 31.5 Å². The lowest BCUT2D eigenvalue weighted by atomic mass is 9.95. The molecule has 24 heavy (non-hydrogen) atoms. The second kappa shape index (κ2) is 7.90. The van der Waals surface area contributed by atoms with Crippen LogP contribution in [0.4, 0.5) is 4.39 Å². The van der Waals surface area contributed by atoms with Crippen LogP contribution in [0.2, 0.25) is 0 Å². The Morgan fingerprint density at radius 1 is 1.17 bits per heavy atom. The van der Waals surface area contributed by atoms with Crippen molar-refractivity contribution in [3.8, 4) is 5.88 Å². The van der Waals surface area contributed by atoms with Crippen LogP contribution in [0, 0.1) is 5.82 Å². The number of carbonyl (C=O) groups excluding carboxylic acids is 1. The zero-order valence-corrected chi connectivity index (χ0v) is 13.5. The van der Waals surface area contributed by atoms with Gasteiger partial charge in [-0.3, -0.25) is 4.79 Å². The number of nitrogens with one attached hydrogen (secondary N) is 1. The molecule has 126 valence electrons. The molecule has 1 heterocycles. The minimum atomic E-state index is -0.305. The van der Waals surface area contributed by atoms with Gasteiger partial charge in [-0.15, -0.1) is 0 Å². The molecule has 0 saturated heterocycles. The molecule has 0 unspecified atom stereocenters. The van der Waals surface area contributed by atoms with Crippen LogP contribution in [-0.2, 0) is 6.61 Å². The van der Waals surface area contributed by atoms with Gasteiger partial charge >= 0.3 is 0 Å². The summed E-state index contributed by atoms with van der Waals surface area (Å²) >= 11 is 0. The van der Waals surface area contributed by atoms with Crippen LogP contribution in [0.15, 0.2) is 42.6 Å². The van der Waals surface area contributed by atoms with Gasteiger partial charge in [0.1, 0.15) is 12.4 Å². The third-order valence-corrected chi connectivity index (χ3v) is 4.27. The van der Waals surface area contributed by atoms with Crippen LogP contribution in [0.25, 0.3) is 0 Å². The van der Waals surface area contributed by atoms with Gasteiger partial charge in [0, 0.05) is 23.9 Å². The quantitative estimate of drug-likeness (QED) is 0.906. The van der Waals surface area contributed by atoms with E-state index in [-0.39, 0.29) is 24.4 Å². The molecule has 1 N–H and O–H groups in total. The molecule has 3 rings (SSSR count). The molecule has 1 saturated carbocycles. The standard InChI is InChI=1S/C19H21FN2O2/c20-17-9-5-4-6-15(17)13-24-18-11-10-14(12-21-18)19(23)22-16-7-2-1-3-8-16/h4-6,9-12,16H,1-3,7-8,13H2,(H,22,23). The van der Waals surface area contributed by atoms with Gasteiger partial charge in [0.15, 0.2) is 0 Å². The normalized spacial score (nSPS) is 15.0. The van der Waals surface area contributed by atoms with Crippen molar-refractivity contribution in [1.82, 2.24) is 10.3 Å². The Balaban J connectivity index is 1.54. The summed E-state index contributed by atoms with van der Waals surface area (Å²) in [4.78, 5) is 16.3. The Labute approximate surface area is 141 Å². The lowest BCUT2D eigenvalue weighted by Crippen LogP contribution is -2.36. The molecule has 0 aliphatic heterocycles. The van der Waals surface area contributed by atoms with E-state index < -0.39 is 0 Å². The van der Waals surface area contributed by atoms with Crippen molar-refractivity contribution in [2.45, 2.75) is 44.8 Å². The first-order chi connectivity index (χ1) is 11.7. The number of halogens is 1. The average Bonchev–Trinajstić information content (AvgIpc) is 2.62. The molecule has 2 aromatic rings. The van der Waals surface area contributed by atoms with Crippen LogP contribution in [-0.4, -0.2) is 16.9 Å². The molecule has 1 aromatic carbocycles. The number of rotatable bonds is 5. The fourth-order valence-electron chi connectivity index (χ4n) is 2.88. The topological polar surface area (TPSA) is 51.2 Å². The number of carbonyl (C=O) groups is 1. The first-order valence-corrected chi connectivity index (χ1v) is 8.35. The van der Waals surface area contributed by atoms with Gasteiger partial charge in [-0.25, -0.2) is 9.37 Å². The zero-order chi connectivity index (χ0) is 16.8. The summed E-state index contributed by atoms with van der Waals surface area (Å²) in [5.74, 6) is -0.0384. The number of hydrogen-bond acceptors (Lipinski definition) is 3. The van der Waals surface area contributed by atoms with Crippen molar-refractivity contribution in [2.24, 2.45) is 0 Å². The number of amides is 1. The summed E-state index contributed by atoms with van der Waals surface area (Å²) in [6.45, 7) is 0.104. The highest BCUT2D eigenvalue weighted by Crippen LogP contribution is 2.18. The van der Waals surface area contributed by atoms with Crippen LogP contribution in [0.3, 0.4) is 0 Å². The van der Waals surface area contributed by atoms with Crippen LogP contribution >= 0.6 is 0 Å². The minimum absolute atomic E-state index is 0.102. The lowest BCUT2D eigenvalue weighted by molar-refractivity contribution is 0.0927. The highest BCUT2D eigenvalue weighted by atomic mass is 19.1. The molecule has 0 spiro atoms. The molecule has 1 aromatic heterocycles. The number of nitrogens with zero attached hydrogens (tertiary/aromatic N) is 1. The van der Waals surface area contributed by atoms with E-state index in [9.17, 15) is 9.18 Å². The van der Waals surface area contributed by atoms with E-state index in [1.54, 1.807) is 30.3 Å². The maximum absolute atomic E-state index is 13.5. The van der Waals surface area contributed by atoms with Crippen molar-refractivity contribution < 1.29 is 13.9 Å². The second-order valence-corrected chi connectivity index (χ2v) is 6.07. The van der Waals surface area contributed by atoms with Gasteiger partial charge in [0.25, 0.3) is 5.91 Å². The van der Waals surface area contributed by atoms with Gasteiger partial charge in [-0.2, -0.15) is 0 Å². The summed E-state index contributed by atoms with van der Waals surface area (Å²) in [7, 11) is 0. The highest BCUT2D eigenvalue weighted by Gasteiger charge is 2.16. The first kappa shape index (κ1) is 16.4. The largest absolute Gasteiger partial charge is 0.473 e. The molecule has 0 atom stereocenters. The third-order valence-electron chi connectivity index (χ3n) is 4.27. The maximum atomic E-state index is 13.5. The summed E-state index contributed by atoms with van der Waals surface area (Å²) in [6, 6.07) is 10.0. The number of aromatic nitrogens is 1. The van der Waals surface area contributed by atoms with Crippen LogP contribution in [0.1, 0.15) is 48.0 Å². The van der Waals surface area contributed by atoms with Crippen molar-refractivity contribution in [1.29, 1.82) is 0 Å². The molecular formula is C19H21FN2O2. The summed E-state index contributed by atoms with van der Waals surface area (Å²) in [5, 5.41) is 3.05. The fraction of sp³-hybridized carbons (Fsp3) is 0.368. The molecule has 0 radical (unpaired) electrons. The number of ether oxygens (including phenoxy) is 1. The number of pyridine rings is 1. The van der Waals surface area contributed by atoms with Crippen molar-refractivity contribution in [3.63, 3.8) is 0 Å². The Bertz CT molecular complexity index is 682. The van der Waals surface area contributed by atoms with E-state index in [0.717, 1.165) is 12.8 Å². The van der Waals surface area contributed by atoms with Crippen LogP contribution in [0.5, 0.6) is 5.88 Å². The van der Waals surface area contributed by atoms with E-state index in [4.69, 9.17) is 4.74 Å². The Morgan fingerprint density at radius 3 is 2.67 bits per heavy atom. The van der Waals surface area contributed by atoms with E-state index in [1.807, 2.05) is 0 Å². The lowest BCUT2D eigenvalue weighted by Gasteiger charge is -2.22. The third kappa shape index (κ3) is 4.31. The Hall–Kier alpha value is -2.43. The van der Waals surface area contributed by atoms with Crippen molar-refractivity contribution in [2.75, 3.05) is 0 Å². The molecule has 4 nitrogen and oxygen atoms in total. The average molecular weight is 328 g/mol. The monoisotopic (exact) mass is 328 g/mol. The Morgan fingerprint density at radius 2 is 1.96 bits per heavy atom. The SMILES string of the molecule is O=C(NC1CCCCC1)c1ccc(OCc2ccccc2F)nc1. The second-order valence-electron chi connectivity index (χ2n) is 6.07. The van der Waals surface area contributed by atoms with Gasteiger partial charge in [-0.1, -0.05) is 37.5 Å². The number of hydrogen-bond donors (Lipinski definition) is 1. The van der Waals surface area contributed by atoms with Crippen molar-refractivity contribution >= 4 is 5.91 Å². The smallest absolute Gasteiger partial charge is 0.253 e. The zero-order valence-electron chi connectivity index (χ0n) is 13.5. The summed E-state index contributed by atoms with van der Waals surface area (Å²) in [6.07, 6.45) is 7.18. The molecule has 5 heteroatoms. The molecule has 1 amide bonds. The van der Waals surface area contributed by atoms with E-state index in [2.05, 4.69) is 10.3 Å². The van der Waals surface area contributed by atoms with Gasteiger partial charge in [0.2, 0.25) is 5.88 Å². The predicted octanol–water partition coefficient (Wildman–Crippen LogP) is 3.86. The number of benzene rings is 1. The minimum Gasteiger partial charge on any atom is -0.473 e. The molecule has 1 aliphatic carbocycles.